The molecule has 2 aromatic carbocycles. The van der Waals surface area contributed by atoms with Gasteiger partial charge in [-0.2, -0.15) is 0 Å². The van der Waals surface area contributed by atoms with Crippen molar-refractivity contribution in [2.45, 2.75) is 13.5 Å². The SMILES string of the molecule is COc1ccc(Cl)cc1NC(=O)CN(C)Cc1sc(-c2ccccc2)nc1C. The van der Waals surface area contributed by atoms with E-state index in [1.807, 2.05) is 37.1 Å². The van der Waals surface area contributed by atoms with Crippen molar-refractivity contribution in [3.63, 3.8) is 0 Å². The Morgan fingerprint density at radius 2 is 2.00 bits per heavy atom. The number of halogens is 1. The molecule has 1 heterocycles. The van der Waals surface area contributed by atoms with Crippen LogP contribution in [0.4, 0.5) is 5.69 Å². The fraction of sp³-hybridized carbons (Fsp3) is 0.238. The summed E-state index contributed by atoms with van der Waals surface area (Å²) in [6, 6.07) is 15.2. The van der Waals surface area contributed by atoms with E-state index in [0.717, 1.165) is 21.1 Å². The molecule has 0 aliphatic carbocycles. The standard InChI is InChI=1S/C21H22ClN3O2S/c1-14-19(28-21(23-14)15-7-5-4-6-8-15)12-25(2)13-20(26)24-17-11-16(22)9-10-18(17)27-3/h4-11H,12-13H2,1-3H3,(H,24,26). The first-order valence-corrected chi connectivity index (χ1v) is 9.99. The number of hydrogen-bond acceptors (Lipinski definition) is 5. The molecule has 0 saturated carbocycles. The number of thiazole rings is 1. The Balaban J connectivity index is 1.63. The Morgan fingerprint density at radius 1 is 1.25 bits per heavy atom. The lowest BCUT2D eigenvalue weighted by molar-refractivity contribution is -0.117. The molecule has 3 rings (SSSR count). The summed E-state index contributed by atoms with van der Waals surface area (Å²) in [7, 11) is 3.47. The molecular formula is C21H22ClN3O2S. The van der Waals surface area contributed by atoms with Gasteiger partial charge in [-0.15, -0.1) is 11.3 Å². The topological polar surface area (TPSA) is 54.5 Å². The van der Waals surface area contributed by atoms with Gasteiger partial charge >= 0.3 is 0 Å². The smallest absolute Gasteiger partial charge is 0.238 e. The highest BCUT2D eigenvalue weighted by Gasteiger charge is 2.14. The third-order valence-corrected chi connectivity index (χ3v) is 5.60. The van der Waals surface area contributed by atoms with Crippen LogP contribution in [0.15, 0.2) is 48.5 Å². The molecule has 0 saturated heterocycles. The maximum absolute atomic E-state index is 12.4. The fourth-order valence-corrected chi connectivity index (χ4v) is 4.11. The average Bonchev–Trinajstić information content (AvgIpc) is 3.03. The predicted octanol–water partition coefficient (Wildman–Crippen LogP) is 4.85. The van der Waals surface area contributed by atoms with Gasteiger partial charge in [-0.25, -0.2) is 4.98 Å². The number of hydrogen-bond donors (Lipinski definition) is 1. The second-order valence-corrected chi connectivity index (χ2v) is 7.98. The van der Waals surface area contributed by atoms with Crippen molar-refractivity contribution < 1.29 is 9.53 Å². The van der Waals surface area contributed by atoms with E-state index in [0.29, 0.717) is 23.0 Å². The first-order chi connectivity index (χ1) is 13.5. The van der Waals surface area contributed by atoms with E-state index in [1.54, 1.807) is 36.6 Å². The zero-order chi connectivity index (χ0) is 20.1. The van der Waals surface area contributed by atoms with Crippen LogP contribution in [0.5, 0.6) is 5.75 Å². The van der Waals surface area contributed by atoms with Gasteiger partial charge in [0, 0.05) is 22.0 Å². The molecule has 1 N–H and O–H groups in total. The van der Waals surface area contributed by atoms with Gasteiger partial charge in [0.15, 0.2) is 0 Å². The van der Waals surface area contributed by atoms with E-state index in [-0.39, 0.29) is 12.5 Å². The zero-order valence-electron chi connectivity index (χ0n) is 16.0. The minimum atomic E-state index is -0.131. The highest BCUT2D eigenvalue weighted by Crippen LogP contribution is 2.29. The molecular weight excluding hydrogens is 394 g/mol. The van der Waals surface area contributed by atoms with Crippen molar-refractivity contribution in [1.29, 1.82) is 0 Å². The van der Waals surface area contributed by atoms with Gasteiger partial charge in [0.2, 0.25) is 5.91 Å². The van der Waals surface area contributed by atoms with Gasteiger partial charge in [-0.3, -0.25) is 9.69 Å². The summed E-state index contributed by atoms with van der Waals surface area (Å²) in [5.41, 5.74) is 2.66. The Bertz CT molecular complexity index is 960. The van der Waals surface area contributed by atoms with Crippen LogP contribution < -0.4 is 10.1 Å². The molecule has 1 aromatic heterocycles. The number of anilines is 1. The first-order valence-electron chi connectivity index (χ1n) is 8.80. The van der Waals surface area contributed by atoms with E-state index < -0.39 is 0 Å². The summed E-state index contributed by atoms with van der Waals surface area (Å²) >= 11 is 7.68. The number of nitrogens with one attached hydrogen (secondary N) is 1. The van der Waals surface area contributed by atoms with E-state index in [2.05, 4.69) is 22.4 Å². The summed E-state index contributed by atoms with van der Waals surface area (Å²) < 4.78 is 5.27. The van der Waals surface area contributed by atoms with Gasteiger partial charge < -0.3 is 10.1 Å². The van der Waals surface area contributed by atoms with Crippen LogP contribution in [-0.4, -0.2) is 36.5 Å². The highest BCUT2D eigenvalue weighted by molar-refractivity contribution is 7.15. The normalized spacial score (nSPS) is 10.9. The molecule has 5 nitrogen and oxygen atoms in total. The number of carbonyl (C=O) groups is 1. The van der Waals surface area contributed by atoms with Gasteiger partial charge in [0.25, 0.3) is 0 Å². The highest BCUT2D eigenvalue weighted by atomic mass is 35.5. The quantitative estimate of drug-likeness (QED) is 0.599. The fourth-order valence-electron chi connectivity index (χ4n) is 2.79. The number of likely N-dealkylation sites (N-methyl/N-ethyl adjacent to an activating group) is 1. The number of aryl methyl sites for hydroxylation is 1. The summed E-state index contributed by atoms with van der Waals surface area (Å²) in [5.74, 6) is 0.444. The van der Waals surface area contributed by atoms with Crippen molar-refractivity contribution in [1.82, 2.24) is 9.88 Å². The van der Waals surface area contributed by atoms with Gasteiger partial charge in [0.1, 0.15) is 10.8 Å². The van der Waals surface area contributed by atoms with Crippen LogP contribution in [0.1, 0.15) is 10.6 Å². The van der Waals surface area contributed by atoms with E-state index in [1.165, 1.54) is 0 Å². The number of benzene rings is 2. The lowest BCUT2D eigenvalue weighted by Crippen LogP contribution is -2.29. The third kappa shape index (κ3) is 5.10. The van der Waals surface area contributed by atoms with Crippen molar-refractivity contribution in [2.75, 3.05) is 26.0 Å². The van der Waals surface area contributed by atoms with E-state index in [9.17, 15) is 4.79 Å². The Morgan fingerprint density at radius 3 is 2.71 bits per heavy atom. The molecule has 0 radical (unpaired) electrons. The van der Waals surface area contributed by atoms with E-state index in [4.69, 9.17) is 16.3 Å². The molecule has 0 unspecified atom stereocenters. The number of rotatable bonds is 7. The van der Waals surface area contributed by atoms with Gasteiger partial charge in [-0.05, 0) is 32.2 Å². The molecule has 7 heteroatoms. The maximum atomic E-state index is 12.4. The number of methoxy groups -OCH3 is 1. The van der Waals surface area contributed by atoms with Crippen LogP contribution in [0.3, 0.4) is 0 Å². The summed E-state index contributed by atoms with van der Waals surface area (Å²) in [5, 5.41) is 4.40. The number of ether oxygens (including phenoxy) is 1. The Labute approximate surface area is 173 Å². The molecule has 1 amide bonds. The number of amides is 1. The largest absolute Gasteiger partial charge is 0.495 e. The molecule has 146 valence electrons. The van der Waals surface area contributed by atoms with Crippen LogP contribution in [0.2, 0.25) is 5.02 Å². The molecule has 3 aromatic rings. The average molecular weight is 416 g/mol. The molecule has 28 heavy (non-hydrogen) atoms. The van der Waals surface area contributed by atoms with Crippen molar-refractivity contribution in [3.05, 3.63) is 64.1 Å². The summed E-state index contributed by atoms with van der Waals surface area (Å²) in [6.07, 6.45) is 0. The van der Waals surface area contributed by atoms with Crippen molar-refractivity contribution in [2.24, 2.45) is 0 Å². The monoisotopic (exact) mass is 415 g/mol. The first kappa shape index (κ1) is 20.3. The predicted molar refractivity (Wildman–Crippen MR) is 115 cm³/mol. The molecule has 0 fully saturated rings. The second kappa shape index (κ2) is 9.19. The Kier molecular flexibility index (Phi) is 6.67. The molecule has 0 spiro atoms. The van der Waals surface area contributed by atoms with Crippen LogP contribution in [-0.2, 0) is 11.3 Å². The van der Waals surface area contributed by atoms with Crippen LogP contribution in [0, 0.1) is 6.92 Å². The molecule has 0 aliphatic rings. The van der Waals surface area contributed by atoms with Crippen molar-refractivity contribution in [3.8, 4) is 16.3 Å². The molecule has 0 atom stereocenters. The van der Waals surface area contributed by atoms with Gasteiger partial charge in [-0.1, -0.05) is 41.9 Å². The van der Waals surface area contributed by atoms with Crippen LogP contribution >= 0.6 is 22.9 Å². The van der Waals surface area contributed by atoms with E-state index >= 15 is 0 Å². The van der Waals surface area contributed by atoms with Gasteiger partial charge in [0.05, 0.1) is 25.0 Å². The molecule has 0 aliphatic heterocycles. The zero-order valence-corrected chi connectivity index (χ0v) is 17.6. The minimum absolute atomic E-state index is 0.131. The number of aromatic nitrogens is 1. The summed E-state index contributed by atoms with van der Waals surface area (Å²) in [6.45, 7) is 2.90. The summed E-state index contributed by atoms with van der Waals surface area (Å²) in [4.78, 5) is 20.2. The third-order valence-electron chi connectivity index (χ3n) is 4.18. The minimum Gasteiger partial charge on any atom is -0.495 e. The molecule has 0 bridgehead atoms. The number of carbonyl (C=O) groups excluding carboxylic acids is 1. The lowest BCUT2D eigenvalue weighted by Gasteiger charge is -2.16. The Hall–Kier alpha value is -2.41. The number of nitrogens with zero attached hydrogens (tertiary/aromatic N) is 2. The second-order valence-electron chi connectivity index (χ2n) is 6.46. The van der Waals surface area contributed by atoms with Crippen molar-refractivity contribution >= 4 is 34.5 Å². The lowest BCUT2D eigenvalue weighted by atomic mass is 10.2. The maximum Gasteiger partial charge on any atom is 0.238 e. The van der Waals surface area contributed by atoms with Crippen LogP contribution in [0.25, 0.3) is 10.6 Å².